The van der Waals surface area contributed by atoms with Crippen LogP contribution in [0.25, 0.3) is 0 Å². The summed E-state index contributed by atoms with van der Waals surface area (Å²) in [5.74, 6) is 0.216. The van der Waals surface area contributed by atoms with Gasteiger partial charge < -0.3 is 4.74 Å². The van der Waals surface area contributed by atoms with Gasteiger partial charge in [-0.2, -0.15) is 0 Å². The maximum atomic E-state index is 12.2. The van der Waals surface area contributed by atoms with Crippen molar-refractivity contribution >= 4 is 21.6 Å². The molecule has 0 unspecified atom stereocenters. The SMILES string of the molecule is COc1cc(Cl)ccc1S(=O)(=O)N1CCCO1. The number of rotatable bonds is 3. The molecule has 94 valence electrons. The number of ether oxygens (including phenoxy) is 1. The third-order valence-corrected chi connectivity index (χ3v) is 4.34. The molecule has 0 bridgehead atoms. The van der Waals surface area contributed by atoms with E-state index in [0.29, 0.717) is 24.6 Å². The van der Waals surface area contributed by atoms with Crippen molar-refractivity contribution in [3.63, 3.8) is 0 Å². The maximum Gasteiger partial charge on any atom is 0.268 e. The zero-order valence-electron chi connectivity index (χ0n) is 9.22. The molecule has 0 aromatic heterocycles. The molecule has 0 radical (unpaired) electrons. The highest BCUT2D eigenvalue weighted by Gasteiger charge is 2.31. The lowest BCUT2D eigenvalue weighted by Gasteiger charge is -2.16. The Labute approximate surface area is 105 Å². The fourth-order valence-corrected chi connectivity index (χ4v) is 3.18. The molecule has 1 aromatic carbocycles. The summed E-state index contributed by atoms with van der Waals surface area (Å²) in [7, 11) is -2.27. The first-order valence-corrected chi connectivity index (χ1v) is 6.86. The molecule has 1 heterocycles. The Balaban J connectivity index is 2.45. The number of nitrogens with zero attached hydrogens (tertiary/aromatic N) is 1. The molecule has 0 aliphatic carbocycles. The van der Waals surface area contributed by atoms with Crippen LogP contribution in [0.15, 0.2) is 23.1 Å². The highest BCUT2D eigenvalue weighted by molar-refractivity contribution is 7.89. The van der Waals surface area contributed by atoms with E-state index in [1.54, 1.807) is 0 Å². The van der Waals surface area contributed by atoms with E-state index in [1.807, 2.05) is 0 Å². The smallest absolute Gasteiger partial charge is 0.268 e. The molecule has 17 heavy (non-hydrogen) atoms. The van der Waals surface area contributed by atoms with Gasteiger partial charge in [-0.05, 0) is 18.6 Å². The third-order valence-electron chi connectivity index (χ3n) is 2.39. The summed E-state index contributed by atoms with van der Waals surface area (Å²) >= 11 is 5.79. The van der Waals surface area contributed by atoms with Gasteiger partial charge in [0.15, 0.2) is 0 Å². The number of hydrogen-bond acceptors (Lipinski definition) is 4. The quantitative estimate of drug-likeness (QED) is 0.843. The lowest BCUT2D eigenvalue weighted by atomic mass is 10.3. The summed E-state index contributed by atoms with van der Waals surface area (Å²) in [6, 6.07) is 4.38. The summed E-state index contributed by atoms with van der Waals surface area (Å²) < 4.78 is 30.4. The molecule has 0 spiro atoms. The number of benzene rings is 1. The van der Waals surface area contributed by atoms with Gasteiger partial charge in [-0.15, -0.1) is 0 Å². The van der Waals surface area contributed by atoms with Crippen molar-refractivity contribution in [3.05, 3.63) is 23.2 Å². The van der Waals surface area contributed by atoms with Gasteiger partial charge in [0, 0.05) is 17.6 Å². The van der Waals surface area contributed by atoms with Crippen molar-refractivity contribution in [2.45, 2.75) is 11.3 Å². The van der Waals surface area contributed by atoms with Crippen LogP contribution in [-0.2, 0) is 14.9 Å². The predicted molar refractivity (Wildman–Crippen MR) is 62.5 cm³/mol. The average molecular weight is 278 g/mol. The molecule has 0 N–H and O–H groups in total. The second-order valence-corrected chi connectivity index (χ2v) is 5.75. The van der Waals surface area contributed by atoms with Crippen LogP contribution in [0.4, 0.5) is 0 Å². The monoisotopic (exact) mass is 277 g/mol. The minimum absolute atomic E-state index is 0.0614. The molecule has 2 rings (SSSR count). The van der Waals surface area contributed by atoms with E-state index >= 15 is 0 Å². The summed E-state index contributed by atoms with van der Waals surface area (Å²) in [5, 5.41) is 0.420. The van der Waals surface area contributed by atoms with Crippen LogP contribution in [0.3, 0.4) is 0 Å². The molecule has 1 fully saturated rings. The average Bonchev–Trinajstić information content (AvgIpc) is 2.82. The largest absolute Gasteiger partial charge is 0.495 e. The molecule has 7 heteroatoms. The van der Waals surface area contributed by atoms with Crippen molar-refractivity contribution in [1.82, 2.24) is 4.47 Å². The van der Waals surface area contributed by atoms with Crippen molar-refractivity contribution in [1.29, 1.82) is 0 Å². The Morgan fingerprint density at radius 3 is 2.82 bits per heavy atom. The molecule has 1 aliphatic rings. The molecule has 5 nitrogen and oxygen atoms in total. The normalized spacial score (nSPS) is 17.3. The van der Waals surface area contributed by atoms with Crippen LogP contribution in [0.5, 0.6) is 5.75 Å². The van der Waals surface area contributed by atoms with E-state index in [4.69, 9.17) is 21.2 Å². The van der Waals surface area contributed by atoms with E-state index in [9.17, 15) is 8.42 Å². The number of hydroxylamine groups is 1. The van der Waals surface area contributed by atoms with Crippen molar-refractivity contribution < 1.29 is 18.0 Å². The lowest BCUT2D eigenvalue weighted by Crippen LogP contribution is -2.27. The minimum Gasteiger partial charge on any atom is -0.495 e. The lowest BCUT2D eigenvalue weighted by molar-refractivity contribution is -0.0285. The Morgan fingerprint density at radius 1 is 1.47 bits per heavy atom. The fraction of sp³-hybridized carbons (Fsp3) is 0.400. The third kappa shape index (κ3) is 2.40. The summed E-state index contributed by atoms with van der Waals surface area (Å²) in [6.45, 7) is 0.767. The molecule has 0 saturated carbocycles. The highest BCUT2D eigenvalue weighted by Crippen LogP contribution is 2.30. The summed E-state index contributed by atoms with van der Waals surface area (Å²) in [6.07, 6.45) is 0.690. The highest BCUT2D eigenvalue weighted by atomic mass is 35.5. The van der Waals surface area contributed by atoms with Gasteiger partial charge in [0.2, 0.25) is 0 Å². The van der Waals surface area contributed by atoms with Crippen molar-refractivity contribution in [2.24, 2.45) is 0 Å². The first kappa shape index (κ1) is 12.6. The zero-order chi connectivity index (χ0) is 12.5. The van der Waals surface area contributed by atoms with Crippen LogP contribution in [0.2, 0.25) is 5.02 Å². The predicted octanol–water partition coefficient (Wildman–Crippen LogP) is 1.67. The first-order valence-electron chi connectivity index (χ1n) is 5.05. The fourth-order valence-electron chi connectivity index (χ4n) is 1.58. The van der Waals surface area contributed by atoms with Crippen LogP contribution < -0.4 is 4.74 Å². The van der Waals surface area contributed by atoms with E-state index in [0.717, 1.165) is 4.47 Å². The zero-order valence-corrected chi connectivity index (χ0v) is 10.8. The van der Waals surface area contributed by atoms with Gasteiger partial charge in [-0.3, -0.25) is 4.84 Å². The molecular weight excluding hydrogens is 266 g/mol. The second-order valence-electron chi connectivity index (χ2n) is 3.51. The molecule has 1 aliphatic heterocycles. The standard InChI is InChI=1S/C10H12ClNO4S/c1-15-9-7-8(11)3-4-10(9)17(13,14)12-5-2-6-16-12/h3-4,7H,2,5-6H2,1H3. The number of sulfonamides is 1. The number of methoxy groups -OCH3 is 1. The van der Waals surface area contributed by atoms with E-state index in [-0.39, 0.29) is 10.6 Å². The molecule has 1 aromatic rings. The maximum absolute atomic E-state index is 12.2. The van der Waals surface area contributed by atoms with E-state index < -0.39 is 10.0 Å². The number of hydrogen-bond donors (Lipinski definition) is 0. The summed E-state index contributed by atoms with van der Waals surface area (Å²) in [4.78, 5) is 5.12. The topological polar surface area (TPSA) is 55.8 Å². The Kier molecular flexibility index (Phi) is 3.58. The van der Waals surface area contributed by atoms with Gasteiger partial charge in [0.05, 0.1) is 13.7 Å². The molecule has 1 saturated heterocycles. The summed E-state index contributed by atoms with van der Waals surface area (Å²) in [5.41, 5.74) is 0. The van der Waals surface area contributed by atoms with Crippen molar-refractivity contribution in [2.75, 3.05) is 20.3 Å². The Bertz CT molecular complexity index is 511. The van der Waals surface area contributed by atoms with Crippen LogP contribution >= 0.6 is 11.6 Å². The molecule has 0 atom stereocenters. The van der Waals surface area contributed by atoms with Crippen LogP contribution in [-0.4, -0.2) is 33.1 Å². The van der Waals surface area contributed by atoms with Gasteiger partial charge >= 0.3 is 0 Å². The first-order chi connectivity index (χ1) is 8.05. The number of halogens is 1. The second kappa shape index (κ2) is 4.81. The van der Waals surface area contributed by atoms with Gasteiger partial charge in [-0.1, -0.05) is 16.1 Å². The minimum atomic E-state index is -3.67. The van der Waals surface area contributed by atoms with Gasteiger partial charge in [-0.25, -0.2) is 8.42 Å². The molecular formula is C10H12ClNO4S. The van der Waals surface area contributed by atoms with E-state index in [1.165, 1.54) is 25.3 Å². The molecule has 0 amide bonds. The van der Waals surface area contributed by atoms with E-state index in [2.05, 4.69) is 0 Å². The Hall–Kier alpha value is -0.820. The van der Waals surface area contributed by atoms with Crippen LogP contribution in [0, 0.1) is 0 Å². The van der Waals surface area contributed by atoms with Crippen LogP contribution in [0.1, 0.15) is 6.42 Å². The van der Waals surface area contributed by atoms with Gasteiger partial charge in [0.25, 0.3) is 10.0 Å². The van der Waals surface area contributed by atoms with Crippen molar-refractivity contribution in [3.8, 4) is 5.75 Å². The Morgan fingerprint density at radius 2 is 2.24 bits per heavy atom. The van der Waals surface area contributed by atoms with Gasteiger partial charge in [0.1, 0.15) is 10.6 Å².